The van der Waals surface area contributed by atoms with E-state index >= 15 is 0 Å². The first-order valence-corrected chi connectivity index (χ1v) is 8.05. The van der Waals surface area contributed by atoms with E-state index in [0.717, 1.165) is 24.4 Å². The van der Waals surface area contributed by atoms with Crippen molar-refractivity contribution in [2.24, 2.45) is 11.8 Å². The zero-order valence-electron chi connectivity index (χ0n) is 12.9. The molecule has 1 nitrogen and oxygen atoms in total. The van der Waals surface area contributed by atoms with Gasteiger partial charge in [0.2, 0.25) is 0 Å². The Bertz CT molecular complexity index is 621. The van der Waals surface area contributed by atoms with E-state index in [1.807, 2.05) is 0 Å². The SMILES string of the molecule is C[C@@H]1CN(Cc2ccccc2)[C@@H]2[C@H]1C2(C)c1ccccc1. The Hall–Kier alpha value is -1.60. The molecule has 21 heavy (non-hydrogen) atoms. The molecule has 0 radical (unpaired) electrons. The van der Waals surface area contributed by atoms with Crippen LogP contribution in [0.1, 0.15) is 25.0 Å². The first-order valence-electron chi connectivity index (χ1n) is 8.05. The summed E-state index contributed by atoms with van der Waals surface area (Å²) in [5.41, 5.74) is 3.31. The number of benzene rings is 2. The highest BCUT2D eigenvalue weighted by molar-refractivity contribution is 5.41. The fraction of sp³-hybridized carbons (Fsp3) is 0.400. The second-order valence-electron chi connectivity index (χ2n) is 7.01. The molecule has 0 bridgehead atoms. The van der Waals surface area contributed by atoms with Crippen molar-refractivity contribution in [3.63, 3.8) is 0 Å². The monoisotopic (exact) mass is 277 g/mol. The average molecular weight is 277 g/mol. The Kier molecular flexibility index (Phi) is 2.93. The Morgan fingerprint density at radius 2 is 1.62 bits per heavy atom. The van der Waals surface area contributed by atoms with Crippen LogP contribution >= 0.6 is 0 Å². The first kappa shape index (κ1) is 13.1. The third kappa shape index (κ3) is 1.95. The summed E-state index contributed by atoms with van der Waals surface area (Å²) in [7, 11) is 0. The van der Waals surface area contributed by atoms with Gasteiger partial charge in [-0.15, -0.1) is 0 Å². The zero-order chi connectivity index (χ0) is 14.4. The lowest BCUT2D eigenvalue weighted by Crippen LogP contribution is -2.32. The summed E-state index contributed by atoms with van der Waals surface area (Å²) in [6.45, 7) is 7.23. The number of rotatable bonds is 3. The second kappa shape index (κ2) is 4.71. The molecule has 0 aromatic heterocycles. The molecular formula is C20H23N. The molecule has 108 valence electrons. The van der Waals surface area contributed by atoms with Gasteiger partial charge in [0.25, 0.3) is 0 Å². The van der Waals surface area contributed by atoms with E-state index in [2.05, 4.69) is 79.4 Å². The number of nitrogens with zero attached hydrogens (tertiary/aromatic N) is 1. The van der Waals surface area contributed by atoms with Crippen molar-refractivity contribution in [1.82, 2.24) is 4.90 Å². The maximum absolute atomic E-state index is 2.71. The number of fused-ring (bicyclic) bond motifs is 1. The van der Waals surface area contributed by atoms with Gasteiger partial charge in [0, 0.05) is 24.5 Å². The highest BCUT2D eigenvalue weighted by atomic mass is 15.3. The first-order chi connectivity index (χ1) is 10.2. The van der Waals surface area contributed by atoms with E-state index < -0.39 is 0 Å². The summed E-state index contributed by atoms with van der Waals surface area (Å²) in [4.78, 5) is 2.71. The quantitative estimate of drug-likeness (QED) is 0.816. The largest absolute Gasteiger partial charge is 0.295 e. The van der Waals surface area contributed by atoms with Crippen molar-refractivity contribution in [2.75, 3.05) is 6.54 Å². The van der Waals surface area contributed by atoms with Crippen LogP contribution in [0.2, 0.25) is 0 Å². The van der Waals surface area contributed by atoms with Gasteiger partial charge in [0.15, 0.2) is 0 Å². The lowest BCUT2D eigenvalue weighted by atomic mass is 9.89. The normalized spacial score (nSPS) is 34.7. The van der Waals surface area contributed by atoms with Crippen LogP contribution in [0.4, 0.5) is 0 Å². The molecule has 0 N–H and O–H groups in total. The van der Waals surface area contributed by atoms with Gasteiger partial charge in [-0.25, -0.2) is 0 Å². The van der Waals surface area contributed by atoms with E-state index in [1.165, 1.54) is 17.7 Å². The number of hydrogen-bond donors (Lipinski definition) is 0. The Balaban J connectivity index is 1.59. The smallest absolute Gasteiger partial charge is 0.0237 e. The third-order valence-electron chi connectivity index (χ3n) is 5.69. The molecule has 2 aliphatic rings. The summed E-state index contributed by atoms with van der Waals surface area (Å²) < 4.78 is 0. The van der Waals surface area contributed by atoms with Crippen LogP contribution in [-0.4, -0.2) is 17.5 Å². The van der Waals surface area contributed by atoms with Crippen LogP contribution < -0.4 is 0 Å². The second-order valence-corrected chi connectivity index (χ2v) is 7.01. The Labute approximate surface area is 127 Å². The van der Waals surface area contributed by atoms with Crippen LogP contribution in [0, 0.1) is 11.8 Å². The zero-order valence-corrected chi connectivity index (χ0v) is 12.9. The predicted octanol–water partition coefficient (Wildman–Crippen LogP) is 4.09. The average Bonchev–Trinajstić information content (AvgIpc) is 3.02. The standard InChI is InChI=1S/C20H23N/c1-15-13-21(14-16-9-5-3-6-10-16)19-18(15)20(19,2)17-11-7-4-8-12-17/h3-12,15,18-19H,13-14H2,1-2H3/t15-,18+,19-,20?/m1/s1. The van der Waals surface area contributed by atoms with Gasteiger partial charge in [-0.1, -0.05) is 74.5 Å². The molecule has 2 aromatic rings. The van der Waals surface area contributed by atoms with Crippen molar-refractivity contribution in [3.8, 4) is 0 Å². The van der Waals surface area contributed by atoms with Crippen molar-refractivity contribution >= 4 is 0 Å². The predicted molar refractivity (Wildman–Crippen MR) is 87.1 cm³/mol. The summed E-state index contributed by atoms with van der Waals surface area (Å²) in [6.07, 6.45) is 0. The molecule has 2 fully saturated rings. The van der Waals surface area contributed by atoms with Crippen molar-refractivity contribution in [2.45, 2.75) is 31.8 Å². The molecule has 2 aromatic carbocycles. The van der Waals surface area contributed by atoms with Gasteiger partial charge >= 0.3 is 0 Å². The molecule has 1 aliphatic carbocycles. The number of hydrogen-bond acceptors (Lipinski definition) is 1. The lowest BCUT2D eigenvalue weighted by Gasteiger charge is -2.27. The number of likely N-dealkylation sites (tertiary alicyclic amines) is 1. The van der Waals surface area contributed by atoms with Crippen LogP contribution in [0.15, 0.2) is 60.7 Å². The molecule has 1 saturated carbocycles. The molecule has 1 heteroatoms. The minimum Gasteiger partial charge on any atom is -0.295 e. The van der Waals surface area contributed by atoms with E-state index in [0.29, 0.717) is 5.41 Å². The maximum atomic E-state index is 2.71. The van der Waals surface area contributed by atoms with Crippen molar-refractivity contribution < 1.29 is 0 Å². The summed E-state index contributed by atoms with van der Waals surface area (Å²) >= 11 is 0. The van der Waals surface area contributed by atoms with Gasteiger partial charge in [-0.3, -0.25) is 4.90 Å². The molecular weight excluding hydrogens is 254 g/mol. The molecule has 4 rings (SSSR count). The van der Waals surface area contributed by atoms with Crippen LogP contribution in [0.5, 0.6) is 0 Å². The fourth-order valence-corrected chi connectivity index (χ4v) is 4.77. The lowest BCUT2D eigenvalue weighted by molar-refractivity contribution is 0.240. The van der Waals surface area contributed by atoms with Crippen molar-refractivity contribution in [3.05, 3.63) is 71.8 Å². The van der Waals surface area contributed by atoms with E-state index in [-0.39, 0.29) is 0 Å². The fourth-order valence-electron chi connectivity index (χ4n) is 4.77. The van der Waals surface area contributed by atoms with Crippen molar-refractivity contribution in [1.29, 1.82) is 0 Å². The molecule has 1 heterocycles. The topological polar surface area (TPSA) is 3.24 Å². The molecule has 4 atom stereocenters. The van der Waals surface area contributed by atoms with Crippen LogP contribution in [-0.2, 0) is 12.0 Å². The highest BCUT2D eigenvalue weighted by Gasteiger charge is 2.69. The minimum atomic E-state index is 0.355. The van der Waals surface area contributed by atoms with Crippen LogP contribution in [0.3, 0.4) is 0 Å². The van der Waals surface area contributed by atoms with Gasteiger partial charge in [-0.2, -0.15) is 0 Å². The number of piperidine rings is 1. The Morgan fingerprint density at radius 1 is 1.00 bits per heavy atom. The van der Waals surface area contributed by atoms with Gasteiger partial charge in [-0.05, 0) is 23.0 Å². The van der Waals surface area contributed by atoms with E-state index in [9.17, 15) is 0 Å². The van der Waals surface area contributed by atoms with Gasteiger partial charge in [0.1, 0.15) is 0 Å². The Morgan fingerprint density at radius 3 is 2.29 bits per heavy atom. The third-order valence-corrected chi connectivity index (χ3v) is 5.69. The minimum absolute atomic E-state index is 0.355. The molecule has 1 unspecified atom stereocenters. The van der Waals surface area contributed by atoms with Crippen LogP contribution in [0.25, 0.3) is 0 Å². The maximum Gasteiger partial charge on any atom is 0.0237 e. The van der Waals surface area contributed by atoms with E-state index in [4.69, 9.17) is 0 Å². The molecule has 0 amide bonds. The van der Waals surface area contributed by atoms with Gasteiger partial charge in [0.05, 0.1) is 0 Å². The molecule has 1 aliphatic heterocycles. The highest BCUT2D eigenvalue weighted by Crippen LogP contribution is 2.64. The molecule has 1 saturated heterocycles. The van der Waals surface area contributed by atoms with E-state index in [1.54, 1.807) is 0 Å². The molecule has 0 spiro atoms. The summed E-state index contributed by atoms with van der Waals surface area (Å²) in [5.74, 6) is 1.62. The summed E-state index contributed by atoms with van der Waals surface area (Å²) in [6, 6.07) is 22.7. The summed E-state index contributed by atoms with van der Waals surface area (Å²) in [5, 5.41) is 0. The van der Waals surface area contributed by atoms with Gasteiger partial charge < -0.3 is 0 Å².